The molecule has 21 heavy (non-hydrogen) atoms. The molecule has 2 heterocycles. The number of amides is 1. The van der Waals surface area contributed by atoms with Gasteiger partial charge in [-0.2, -0.15) is 10.4 Å². The van der Waals surface area contributed by atoms with Crippen LogP contribution in [0.15, 0.2) is 10.7 Å². The van der Waals surface area contributed by atoms with Crippen molar-refractivity contribution in [3.8, 4) is 6.07 Å². The van der Waals surface area contributed by atoms with Gasteiger partial charge in [0.05, 0.1) is 21.9 Å². The third kappa shape index (κ3) is 2.87. The molecule has 0 aromatic carbocycles. The second kappa shape index (κ2) is 6.00. The van der Waals surface area contributed by atoms with Gasteiger partial charge in [-0.05, 0) is 49.2 Å². The molecule has 0 bridgehead atoms. The van der Waals surface area contributed by atoms with Crippen LogP contribution in [0.5, 0.6) is 0 Å². The Balaban J connectivity index is 2.25. The monoisotopic (exact) mass is 366 g/mol. The molecule has 5 nitrogen and oxygen atoms in total. The number of carbonyl (C=O) groups excluding carboxylic acids is 1. The summed E-state index contributed by atoms with van der Waals surface area (Å²) in [5.74, 6) is -0.188. The van der Waals surface area contributed by atoms with E-state index in [0.29, 0.717) is 10.6 Å². The van der Waals surface area contributed by atoms with E-state index in [-0.39, 0.29) is 5.91 Å². The van der Waals surface area contributed by atoms with Crippen molar-refractivity contribution >= 4 is 38.2 Å². The van der Waals surface area contributed by atoms with Crippen molar-refractivity contribution in [2.24, 2.45) is 0 Å². The maximum atomic E-state index is 12.4. The standard InChI is InChI=1S/C14H15BrN4OS/c1-7-10(4)21-14(11(7)5-16)18-13(20)9(3)19-8(2)12(15)6-17-19/h6,9H,1-4H3,(H,18,20). The largest absolute Gasteiger partial charge is 0.315 e. The van der Waals surface area contributed by atoms with Gasteiger partial charge in [-0.25, -0.2) is 0 Å². The molecule has 0 fully saturated rings. The molecule has 0 saturated heterocycles. The van der Waals surface area contributed by atoms with Crippen LogP contribution in [0.4, 0.5) is 5.00 Å². The molecule has 1 unspecified atom stereocenters. The highest BCUT2D eigenvalue weighted by Gasteiger charge is 2.21. The van der Waals surface area contributed by atoms with Crippen molar-refractivity contribution in [3.05, 3.63) is 32.4 Å². The number of nitriles is 1. The summed E-state index contributed by atoms with van der Waals surface area (Å²) in [6, 6.07) is 1.70. The summed E-state index contributed by atoms with van der Waals surface area (Å²) >= 11 is 4.80. The van der Waals surface area contributed by atoms with E-state index in [4.69, 9.17) is 0 Å². The van der Waals surface area contributed by atoms with Gasteiger partial charge < -0.3 is 5.32 Å². The number of hydrogen-bond acceptors (Lipinski definition) is 4. The Kier molecular flexibility index (Phi) is 4.49. The van der Waals surface area contributed by atoms with Crippen LogP contribution in [0.25, 0.3) is 0 Å². The lowest BCUT2D eigenvalue weighted by Crippen LogP contribution is -2.25. The fraction of sp³-hybridized carbons (Fsp3) is 0.357. The van der Waals surface area contributed by atoms with Crippen LogP contribution >= 0.6 is 27.3 Å². The van der Waals surface area contributed by atoms with Crippen LogP contribution in [-0.4, -0.2) is 15.7 Å². The molecule has 0 aliphatic rings. The molecule has 2 rings (SSSR count). The minimum absolute atomic E-state index is 0.188. The fourth-order valence-corrected chi connectivity index (χ4v) is 3.26. The number of anilines is 1. The van der Waals surface area contributed by atoms with Gasteiger partial charge in [-0.3, -0.25) is 9.48 Å². The Labute approximate surface area is 135 Å². The van der Waals surface area contributed by atoms with Gasteiger partial charge in [0.25, 0.3) is 0 Å². The number of rotatable bonds is 3. The number of carbonyl (C=O) groups is 1. The number of nitrogens with one attached hydrogen (secondary N) is 1. The molecular formula is C14H15BrN4OS. The van der Waals surface area contributed by atoms with Crippen molar-refractivity contribution in [3.63, 3.8) is 0 Å². The highest BCUT2D eigenvalue weighted by Crippen LogP contribution is 2.32. The van der Waals surface area contributed by atoms with Crippen molar-refractivity contribution in [1.82, 2.24) is 9.78 Å². The molecule has 1 amide bonds. The zero-order valence-electron chi connectivity index (χ0n) is 12.2. The minimum Gasteiger partial charge on any atom is -0.315 e. The van der Waals surface area contributed by atoms with Crippen LogP contribution in [0.2, 0.25) is 0 Å². The van der Waals surface area contributed by atoms with Crippen LogP contribution in [-0.2, 0) is 4.79 Å². The molecule has 0 saturated carbocycles. The van der Waals surface area contributed by atoms with Gasteiger partial charge in [-0.15, -0.1) is 11.3 Å². The maximum absolute atomic E-state index is 12.4. The first-order valence-corrected chi connectivity index (χ1v) is 7.98. The number of aryl methyl sites for hydroxylation is 1. The van der Waals surface area contributed by atoms with E-state index in [9.17, 15) is 10.1 Å². The Bertz CT molecular complexity index is 741. The Morgan fingerprint density at radius 3 is 2.71 bits per heavy atom. The first-order valence-electron chi connectivity index (χ1n) is 6.37. The summed E-state index contributed by atoms with van der Waals surface area (Å²) < 4.78 is 2.52. The zero-order valence-corrected chi connectivity index (χ0v) is 14.6. The summed E-state index contributed by atoms with van der Waals surface area (Å²) in [6.07, 6.45) is 1.67. The van der Waals surface area contributed by atoms with Crippen molar-refractivity contribution in [1.29, 1.82) is 5.26 Å². The first kappa shape index (κ1) is 15.7. The highest BCUT2D eigenvalue weighted by atomic mass is 79.9. The Morgan fingerprint density at radius 2 is 2.19 bits per heavy atom. The SMILES string of the molecule is Cc1sc(NC(=O)C(C)n2ncc(Br)c2C)c(C#N)c1C. The predicted molar refractivity (Wildman–Crippen MR) is 86.5 cm³/mol. The van der Waals surface area contributed by atoms with Crippen molar-refractivity contribution in [2.75, 3.05) is 5.32 Å². The molecule has 1 atom stereocenters. The van der Waals surface area contributed by atoms with Gasteiger partial charge in [0.2, 0.25) is 5.91 Å². The highest BCUT2D eigenvalue weighted by molar-refractivity contribution is 9.10. The van der Waals surface area contributed by atoms with E-state index in [1.807, 2.05) is 20.8 Å². The number of thiophene rings is 1. The van der Waals surface area contributed by atoms with E-state index in [0.717, 1.165) is 20.6 Å². The van der Waals surface area contributed by atoms with Gasteiger partial charge in [0, 0.05) is 4.88 Å². The van der Waals surface area contributed by atoms with E-state index in [2.05, 4.69) is 32.4 Å². The summed E-state index contributed by atoms with van der Waals surface area (Å²) in [5.41, 5.74) is 2.34. The quantitative estimate of drug-likeness (QED) is 0.899. The molecule has 1 N–H and O–H groups in total. The molecule has 0 aliphatic heterocycles. The topological polar surface area (TPSA) is 70.7 Å². The predicted octanol–water partition coefficient (Wildman–Crippen LogP) is 3.70. The number of nitrogens with zero attached hydrogens (tertiary/aromatic N) is 3. The number of aromatic nitrogens is 2. The van der Waals surface area contributed by atoms with Crippen LogP contribution < -0.4 is 5.32 Å². The number of hydrogen-bond donors (Lipinski definition) is 1. The summed E-state index contributed by atoms with van der Waals surface area (Å²) in [4.78, 5) is 13.4. The van der Waals surface area contributed by atoms with Crippen LogP contribution in [0.1, 0.15) is 34.7 Å². The Morgan fingerprint density at radius 1 is 1.52 bits per heavy atom. The third-order valence-electron chi connectivity index (χ3n) is 3.46. The molecule has 110 valence electrons. The summed E-state index contributed by atoms with van der Waals surface area (Å²) in [7, 11) is 0. The Hall–Kier alpha value is -1.65. The van der Waals surface area contributed by atoms with E-state index in [1.54, 1.807) is 17.8 Å². The normalized spacial score (nSPS) is 12.0. The third-order valence-corrected chi connectivity index (χ3v) is 5.37. The lowest BCUT2D eigenvalue weighted by molar-refractivity contribution is -0.119. The van der Waals surface area contributed by atoms with Gasteiger partial charge in [0.15, 0.2) is 0 Å². The lowest BCUT2D eigenvalue weighted by Gasteiger charge is -2.14. The summed E-state index contributed by atoms with van der Waals surface area (Å²) in [6.45, 7) is 7.50. The molecule has 0 radical (unpaired) electrons. The minimum atomic E-state index is -0.453. The average molecular weight is 367 g/mol. The molecule has 2 aromatic rings. The zero-order chi connectivity index (χ0) is 15.7. The number of halogens is 1. The van der Waals surface area contributed by atoms with Gasteiger partial charge in [0.1, 0.15) is 17.1 Å². The van der Waals surface area contributed by atoms with Gasteiger partial charge >= 0.3 is 0 Å². The van der Waals surface area contributed by atoms with E-state index < -0.39 is 6.04 Å². The van der Waals surface area contributed by atoms with Crippen LogP contribution in [0.3, 0.4) is 0 Å². The maximum Gasteiger partial charge on any atom is 0.249 e. The lowest BCUT2D eigenvalue weighted by atomic mass is 10.2. The fourth-order valence-electron chi connectivity index (χ4n) is 1.97. The molecule has 2 aromatic heterocycles. The van der Waals surface area contributed by atoms with Crippen molar-refractivity contribution < 1.29 is 4.79 Å². The second-order valence-corrected chi connectivity index (χ2v) is 6.87. The van der Waals surface area contributed by atoms with E-state index >= 15 is 0 Å². The molecule has 7 heteroatoms. The average Bonchev–Trinajstić information content (AvgIpc) is 2.91. The smallest absolute Gasteiger partial charge is 0.249 e. The second-order valence-electron chi connectivity index (χ2n) is 4.79. The first-order chi connectivity index (χ1) is 9.86. The van der Waals surface area contributed by atoms with Gasteiger partial charge in [-0.1, -0.05) is 0 Å². The molecule has 0 aliphatic carbocycles. The molecule has 0 spiro atoms. The van der Waals surface area contributed by atoms with Crippen molar-refractivity contribution in [2.45, 2.75) is 33.7 Å². The van der Waals surface area contributed by atoms with E-state index in [1.165, 1.54) is 11.3 Å². The summed E-state index contributed by atoms with van der Waals surface area (Å²) in [5, 5.41) is 16.8. The van der Waals surface area contributed by atoms with Crippen LogP contribution in [0, 0.1) is 32.1 Å². The molecular weight excluding hydrogens is 352 g/mol.